The molecule has 0 heterocycles. The maximum absolute atomic E-state index is 12.5. The first kappa shape index (κ1) is 22.4. The van der Waals surface area contributed by atoms with E-state index in [1.165, 1.54) is 30.6 Å². The van der Waals surface area contributed by atoms with Gasteiger partial charge in [-0.25, -0.2) is 0 Å². The number of benzene rings is 1. The first-order valence-corrected chi connectivity index (χ1v) is 11.7. The molecule has 0 saturated heterocycles. The Morgan fingerprint density at radius 1 is 1.07 bits per heavy atom. The number of hydrogen-bond donors (Lipinski definition) is 0. The summed E-state index contributed by atoms with van der Waals surface area (Å²) in [6, 6.07) is 8.34. The van der Waals surface area contributed by atoms with Gasteiger partial charge >= 0.3 is 0 Å². The Morgan fingerprint density at radius 3 is 2.37 bits per heavy atom. The molecule has 0 N–H and O–H groups in total. The molecule has 27 heavy (non-hydrogen) atoms. The van der Waals surface area contributed by atoms with Gasteiger partial charge in [0.2, 0.25) is 5.91 Å². The van der Waals surface area contributed by atoms with Crippen LogP contribution in [0.4, 0.5) is 0 Å². The molecule has 1 amide bonds. The standard InChI is InChI=1S/C21H34N2O2S2/c1-22(2)14-7-15-23(3)21(24)16-26-19-8-5-6-9-20(19)27-18-12-10-17(25-4)11-13-18/h10-13,19-20H,5-9,14-16H2,1-4H3/t19-,20-/m1/s1. The quantitative estimate of drug-likeness (QED) is 0.576. The predicted molar refractivity (Wildman–Crippen MR) is 118 cm³/mol. The van der Waals surface area contributed by atoms with E-state index < -0.39 is 0 Å². The fourth-order valence-electron chi connectivity index (χ4n) is 3.25. The third-order valence-corrected chi connectivity index (χ3v) is 7.92. The van der Waals surface area contributed by atoms with Crippen LogP contribution in [0.3, 0.4) is 0 Å². The van der Waals surface area contributed by atoms with Crippen molar-refractivity contribution in [2.24, 2.45) is 0 Å². The first-order valence-electron chi connectivity index (χ1n) is 9.80. The monoisotopic (exact) mass is 410 g/mol. The van der Waals surface area contributed by atoms with Crippen LogP contribution in [0.15, 0.2) is 29.2 Å². The molecule has 1 fully saturated rings. The highest BCUT2D eigenvalue weighted by Crippen LogP contribution is 2.39. The lowest BCUT2D eigenvalue weighted by atomic mass is 10.00. The van der Waals surface area contributed by atoms with Crippen LogP contribution >= 0.6 is 23.5 Å². The molecule has 0 radical (unpaired) electrons. The Bertz CT molecular complexity index is 566. The van der Waals surface area contributed by atoms with E-state index in [-0.39, 0.29) is 5.91 Å². The zero-order valence-corrected chi connectivity index (χ0v) is 18.8. The van der Waals surface area contributed by atoms with Crippen LogP contribution in [0.2, 0.25) is 0 Å². The minimum Gasteiger partial charge on any atom is -0.497 e. The highest BCUT2D eigenvalue weighted by atomic mass is 32.2. The summed E-state index contributed by atoms with van der Waals surface area (Å²) in [5.74, 6) is 1.76. The highest BCUT2D eigenvalue weighted by Gasteiger charge is 2.27. The summed E-state index contributed by atoms with van der Waals surface area (Å²) in [4.78, 5) is 17.8. The first-order chi connectivity index (χ1) is 13.0. The summed E-state index contributed by atoms with van der Waals surface area (Å²) < 4.78 is 5.25. The second-order valence-corrected chi connectivity index (χ2v) is 9.98. The zero-order valence-electron chi connectivity index (χ0n) is 17.1. The van der Waals surface area contributed by atoms with Crippen molar-refractivity contribution >= 4 is 29.4 Å². The molecule has 0 aromatic heterocycles. The Morgan fingerprint density at radius 2 is 1.74 bits per heavy atom. The summed E-state index contributed by atoms with van der Waals surface area (Å²) in [6.45, 7) is 1.86. The number of carbonyl (C=O) groups is 1. The van der Waals surface area contributed by atoms with Gasteiger partial charge in [-0.2, -0.15) is 0 Å². The number of thioether (sulfide) groups is 2. The van der Waals surface area contributed by atoms with Crippen molar-refractivity contribution < 1.29 is 9.53 Å². The summed E-state index contributed by atoms with van der Waals surface area (Å²) in [5, 5.41) is 1.15. The van der Waals surface area contributed by atoms with Crippen LogP contribution in [-0.2, 0) is 4.79 Å². The molecule has 152 valence electrons. The van der Waals surface area contributed by atoms with E-state index in [4.69, 9.17) is 4.74 Å². The van der Waals surface area contributed by atoms with Crippen LogP contribution in [0, 0.1) is 0 Å². The molecular formula is C21H34N2O2S2. The number of rotatable bonds is 10. The van der Waals surface area contributed by atoms with Crippen molar-refractivity contribution in [1.82, 2.24) is 9.80 Å². The topological polar surface area (TPSA) is 32.8 Å². The second-order valence-electron chi connectivity index (χ2n) is 7.44. The van der Waals surface area contributed by atoms with Gasteiger partial charge in [-0.3, -0.25) is 4.79 Å². The van der Waals surface area contributed by atoms with Crippen molar-refractivity contribution in [3.63, 3.8) is 0 Å². The lowest BCUT2D eigenvalue weighted by Gasteiger charge is -2.31. The molecule has 1 saturated carbocycles. The van der Waals surface area contributed by atoms with E-state index in [1.807, 2.05) is 47.6 Å². The molecule has 0 spiro atoms. The number of ether oxygens (including phenoxy) is 1. The Kier molecular flexibility index (Phi) is 9.87. The average Bonchev–Trinajstić information content (AvgIpc) is 2.67. The van der Waals surface area contributed by atoms with E-state index in [9.17, 15) is 4.79 Å². The molecule has 0 bridgehead atoms. The molecule has 2 rings (SSSR count). The van der Waals surface area contributed by atoms with Gasteiger partial charge in [-0.05, 0) is 64.2 Å². The van der Waals surface area contributed by atoms with Crippen LogP contribution in [0.5, 0.6) is 5.75 Å². The third kappa shape index (κ3) is 7.96. The van der Waals surface area contributed by atoms with E-state index in [1.54, 1.807) is 7.11 Å². The normalized spacial score (nSPS) is 19.9. The molecular weight excluding hydrogens is 376 g/mol. The van der Waals surface area contributed by atoms with Crippen molar-refractivity contribution in [1.29, 1.82) is 0 Å². The number of amides is 1. The van der Waals surface area contributed by atoms with Gasteiger partial charge in [0, 0.05) is 29.0 Å². The smallest absolute Gasteiger partial charge is 0.232 e. The van der Waals surface area contributed by atoms with Gasteiger partial charge in [-0.1, -0.05) is 12.8 Å². The molecule has 4 nitrogen and oxygen atoms in total. The molecule has 1 aromatic rings. The van der Waals surface area contributed by atoms with Crippen molar-refractivity contribution in [3.8, 4) is 5.75 Å². The fourth-order valence-corrected chi connectivity index (χ4v) is 6.13. The van der Waals surface area contributed by atoms with Crippen LogP contribution in [0.25, 0.3) is 0 Å². The van der Waals surface area contributed by atoms with E-state index >= 15 is 0 Å². The van der Waals surface area contributed by atoms with Gasteiger partial charge in [0.1, 0.15) is 5.75 Å². The molecule has 1 aromatic carbocycles. The van der Waals surface area contributed by atoms with Gasteiger partial charge < -0.3 is 14.5 Å². The lowest BCUT2D eigenvalue weighted by Crippen LogP contribution is -2.33. The van der Waals surface area contributed by atoms with Crippen molar-refractivity contribution in [2.75, 3.05) is 47.1 Å². The molecule has 2 atom stereocenters. The van der Waals surface area contributed by atoms with Gasteiger partial charge in [-0.15, -0.1) is 23.5 Å². The summed E-state index contributed by atoms with van der Waals surface area (Å²) in [6.07, 6.45) is 6.06. The highest BCUT2D eigenvalue weighted by molar-refractivity contribution is 8.04. The Labute approximate surface area is 173 Å². The molecule has 1 aliphatic rings. The van der Waals surface area contributed by atoms with Crippen LogP contribution in [-0.4, -0.2) is 73.3 Å². The third-order valence-electron chi connectivity index (χ3n) is 4.93. The SMILES string of the molecule is COc1ccc(S[C@@H]2CCCC[C@H]2SCC(=O)N(C)CCCN(C)C)cc1. The van der Waals surface area contributed by atoms with Crippen LogP contribution in [0.1, 0.15) is 32.1 Å². The van der Waals surface area contributed by atoms with E-state index in [0.29, 0.717) is 16.3 Å². The summed E-state index contributed by atoms with van der Waals surface area (Å²) in [7, 11) is 7.77. The van der Waals surface area contributed by atoms with Crippen molar-refractivity contribution in [3.05, 3.63) is 24.3 Å². The number of hydrogen-bond acceptors (Lipinski definition) is 5. The second kappa shape index (κ2) is 11.9. The average molecular weight is 411 g/mol. The fraction of sp³-hybridized carbons (Fsp3) is 0.667. The maximum atomic E-state index is 12.5. The molecule has 6 heteroatoms. The summed E-state index contributed by atoms with van der Waals surface area (Å²) >= 11 is 3.82. The number of nitrogens with zero attached hydrogens (tertiary/aromatic N) is 2. The van der Waals surface area contributed by atoms with Crippen molar-refractivity contribution in [2.45, 2.75) is 47.5 Å². The lowest BCUT2D eigenvalue weighted by molar-refractivity contribution is -0.127. The summed E-state index contributed by atoms with van der Waals surface area (Å²) in [5.41, 5.74) is 0. The van der Waals surface area contributed by atoms with Gasteiger partial charge in [0.25, 0.3) is 0 Å². The van der Waals surface area contributed by atoms with E-state index in [0.717, 1.165) is 25.3 Å². The number of carbonyl (C=O) groups excluding carboxylic acids is 1. The predicted octanol–water partition coefficient (Wildman–Crippen LogP) is 4.24. The Balaban J connectivity index is 1.80. The largest absolute Gasteiger partial charge is 0.497 e. The van der Waals surface area contributed by atoms with Crippen LogP contribution < -0.4 is 4.74 Å². The zero-order chi connectivity index (χ0) is 19.6. The molecule has 0 unspecified atom stereocenters. The Hall–Kier alpha value is -0.850. The molecule has 0 aliphatic heterocycles. The minimum atomic E-state index is 0.262. The minimum absolute atomic E-state index is 0.262. The molecule has 1 aliphatic carbocycles. The van der Waals surface area contributed by atoms with E-state index in [2.05, 4.69) is 31.1 Å². The van der Waals surface area contributed by atoms with Gasteiger partial charge in [0.05, 0.1) is 12.9 Å². The maximum Gasteiger partial charge on any atom is 0.232 e. The van der Waals surface area contributed by atoms with Gasteiger partial charge in [0.15, 0.2) is 0 Å². The number of methoxy groups -OCH3 is 1.